The molecule has 3 rings (SSSR count). The third-order valence-corrected chi connectivity index (χ3v) is 5.65. The predicted octanol–water partition coefficient (Wildman–Crippen LogP) is 1.59. The minimum Gasteiger partial charge on any atom is -0.377 e. The average molecular weight is 297 g/mol. The Morgan fingerprint density at radius 1 is 1.25 bits per heavy atom. The fourth-order valence-electron chi connectivity index (χ4n) is 3.17. The van der Waals surface area contributed by atoms with Crippen LogP contribution in [0.4, 0.5) is 5.13 Å². The van der Waals surface area contributed by atoms with E-state index in [1.54, 1.807) is 14.2 Å². The maximum Gasteiger partial charge on any atom is 0.186 e. The van der Waals surface area contributed by atoms with Crippen LogP contribution in [0.3, 0.4) is 0 Å². The quantitative estimate of drug-likeness (QED) is 0.914. The topological polar surface area (TPSA) is 46.6 Å². The Balaban J connectivity index is 1.80. The number of nitrogens with zero attached hydrogens (tertiary/aromatic N) is 2. The summed E-state index contributed by atoms with van der Waals surface area (Å²) in [4.78, 5) is 8.59. The Bertz CT molecular complexity index is 453. The van der Waals surface area contributed by atoms with E-state index in [2.05, 4.69) is 10.2 Å². The van der Waals surface area contributed by atoms with Crippen LogP contribution in [0.1, 0.15) is 29.5 Å². The largest absolute Gasteiger partial charge is 0.377 e. The third kappa shape index (κ3) is 2.45. The highest BCUT2D eigenvalue weighted by atomic mass is 32.1. The van der Waals surface area contributed by atoms with Gasteiger partial charge in [-0.1, -0.05) is 11.3 Å². The zero-order valence-corrected chi connectivity index (χ0v) is 13.2. The standard InChI is InChI=1S/C14H23N3O2S/c1-15-9-5-4-6-10-13(9)20-14(16-10)17-7-11(18-2)12(8-17)19-3/h9,11-12,15H,4-8H2,1-3H3. The van der Waals surface area contributed by atoms with Crippen LogP contribution in [-0.4, -0.2) is 51.5 Å². The molecule has 0 saturated carbocycles. The predicted molar refractivity (Wildman–Crippen MR) is 80.7 cm³/mol. The first-order valence-electron chi connectivity index (χ1n) is 7.24. The molecule has 0 radical (unpaired) electrons. The molecule has 6 heteroatoms. The van der Waals surface area contributed by atoms with E-state index in [0.29, 0.717) is 6.04 Å². The van der Waals surface area contributed by atoms with Gasteiger partial charge in [-0.05, 0) is 26.3 Å². The van der Waals surface area contributed by atoms with Gasteiger partial charge in [-0.15, -0.1) is 0 Å². The van der Waals surface area contributed by atoms with Crippen molar-refractivity contribution in [1.29, 1.82) is 0 Å². The van der Waals surface area contributed by atoms with E-state index < -0.39 is 0 Å². The summed E-state index contributed by atoms with van der Waals surface area (Å²) in [5.74, 6) is 0. The van der Waals surface area contributed by atoms with Crippen molar-refractivity contribution in [3.05, 3.63) is 10.6 Å². The van der Waals surface area contributed by atoms with E-state index in [4.69, 9.17) is 14.5 Å². The van der Waals surface area contributed by atoms with Gasteiger partial charge in [-0.3, -0.25) is 0 Å². The number of aromatic nitrogens is 1. The number of methoxy groups -OCH3 is 2. The summed E-state index contributed by atoms with van der Waals surface area (Å²) in [7, 11) is 5.55. The number of anilines is 1. The first-order chi connectivity index (χ1) is 9.76. The van der Waals surface area contributed by atoms with E-state index in [-0.39, 0.29) is 12.2 Å². The van der Waals surface area contributed by atoms with Gasteiger partial charge in [0.1, 0.15) is 12.2 Å². The second-order valence-corrected chi connectivity index (χ2v) is 6.50. The molecule has 0 spiro atoms. The third-order valence-electron chi connectivity index (χ3n) is 4.38. The van der Waals surface area contributed by atoms with Gasteiger partial charge in [0.2, 0.25) is 0 Å². The van der Waals surface area contributed by atoms with Crippen LogP contribution >= 0.6 is 11.3 Å². The maximum absolute atomic E-state index is 5.51. The molecule has 1 aromatic rings. The van der Waals surface area contributed by atoms with E-state index in [9.17, 15) is 0 Å². The summed E-state index contributed by atoms with van der Waals surface area (Å²) < 4.78 is 11.0. The van der Waals surface area contributed by atoms with E-state index >= 15 is 0 Å². The van der Waals surface area contributed by atoms with Crippen molar-refractivity contribution in [1.82, 2.24) is 10.3 Å². The number of thiazole rings is 1. The zero-order chi connectivity index (χ0) is 14.1. The average Bonchev–Trinajstić information content (AvgIpc) is 3.09. The minimum atomic E-state index is 0.140. The summed E-state index contributed by atoms with van der Waals surface area (Å²) in [5.41, 5.74) is 1.28. The van der Waals surface area contributed by atoms with Crippen LogP contribution in [0.25, 0.3) is 0 Å². The van der Waals surface area contributed by atoms with Gasteiger partial charge >= 0.3 is 0 Å². The molecule has 112 valence electrons. The van der Waals surface area contributed by atoms with Crippen LogP contribution in [0, 0.1) is 0 Å². The van der Waals surface area contributed by atoms with Gasteiger partial charge in [0.15, 0.2) is 5.13 Å². The molecule has 20 heavy (non-hydrogen) atoms. The summed E-state index contributed by atoms with van der Waals surface area (Å²) >= 11 is 1.83. The lowest BCUT2D eigenvalue weighted by atomic mass is 9.98. The molecule has 1 aliphatic heterocycles. The fourth-order valence-corrected chi connectivity index (χ4v) is 4.44. The van der Waals surface area contributed by atoms with Gasteiger partial charge in [0.25, 0.3) is 0 Å². The highest BCUT2D eigenvalue weighted by Crippen LogP contribution is 2.38. The molecule has 0 aromatic carbocycles. The minimum absolute atomic E-state index is 0.140. The number of aryl methyl sites for hydroxylation is 1. The van der Waals surface area contributed by atoms with E-state index in [0.717, 1.165) is 24.6 Å². The van der Waals surface area contributed by atoms with Gasteiger partial charge in [-0.2, -0.15) is 0 Å². The van der Waals surface area contributed by atoms with Gasteiger partial charge in [-0.25, -0.2) is 4.98 Å². The molecule has 1 aromatic heterocycles. The van der Waals surface area contributed by atoms with Crippen molar-refractivity contribution in [3.8, 4) is 0 Å². The van der Waals surface area contributed by atoms with Crippen molar-refractivity contribution in [2.75, 3.05) is 39.3 Å². The molecule has 1 aliphatic carbocycles. The first kappa shape index (κ1) is 14.3. The number of hydrogen-bond acceptors (Lipinski definition) is 6. The van der Waals surface area contributed by atoms with Crippen LogP contribution in [0.5, 0.6) is 0 Å². The maximum atomic E-state index is 5.51. The first-order valence-corrected chi connectivity index (χ1v) is 8.05. The van der Waals surface area contributed by atoms with Crippen LogP contribution in [-0.2, 0) is 15.9 Å². The molecule has 3 atom stereocenters. The van der Waals surface area contributed by atoms with Crippen LogP contribution < -0.4 is 10.2 Å². The summed E-state index contributed by atoms with van der Waals surface area (Å²) in [6.07, 6.45) is 3.83. The molecule has 1 saturated heterocycles. The normalized spacial score (nSPS) is 29.8. The molecule has 3 unspecified atom stereocenters. The summed E-state index contributed by atoms with van der Waals surface area (Å²) in [5, 5.41) is 4.53. The Hall–Kier alpha value is -0.690. The monoisotopic (exact) mass is 297 g/mol. The van der Waals surface area contributed by atoms with Gasteiger partial charge < -0.3 is 19.7 Å². The Morgan fingerprint density at radius 2 is 1.95 bits per heavy atom. The number of fused-ring (bicyclic) bond motifs is 1. The molecule has 2 aliphatic rings. The molecule has 1 fully saturated rings. The van der Waals surface area contributed by atoms with Crippen LogP contribution in [0.2, 0.25) is 0 Å². The SMILES string of the molecule is CNC1CCCc2nc(N3CC(OC)C(OC)C3)sc21. The summed E-state index contributed by atoms with van der Waals surface area (Å²) in [6, 6.07) is 0.476. The number of ether oxygens (including phenoxy) is 2. The molecule has 1 N–H and O–H groups in total. The second kappa shape index (κ2) is 5.97. The van der Waals surface area contributed by atoms with Crippen LogP contribution in [0.15, 0.2) is 0 Å². The fraction of sp³-hybridized carbons (Fsp3) is 0.786. The molecular weight excluding hydrogens is 274 g/mol. The second-order valence-electron chi connectivity index (χ2n) is 5.49. The number of nitrogens with one attached hydrogen (secondary N) is 1. The van der Waals surface area contributed by atoms with Crippen molar-refractivity contribution >= 4 is 16.5 Å². The smallest absolute Gasteiger partial charge is 0.186 e. The molecular formula is C14H23N3O2S. The molecule has 0 bridgehead atoms. The molecule has 5 nitrogen and oxygen atoms in total. The lowest BCUT2D eigenvalue weighted by Gasteiger charge is -2.19. The van der Waals surface area contributed by atoms with Crippen molar-refractivity contribution in [2.45, 2.75) is 37.5 Å². The molecule has 2 heterocycles. The Kier molecular flexibility index (Phi) is 4.26. The Morgan fingerprint density at radius 3 is 2.55 bits per heavy atom. The van der Waals surface area contributed by atoms with Gasteiger partial charge in [0, 0.05) is 38.2 Å². The Labute approximate surface area is 124 Å². The van der Waals surface area contributed by atoms with Crippen molar-refractivity contribution in [2.24, 2.45) is 0 Å². The lowest BCUT2D eigenvalue weighted by molar-refractivity contribution is -0.00461. The summed E-state index contributed by atoms with van der Waals surface area (Å²) in [6.45, 7) is 1.73. The van der Waals surface area contributed by atoms with Crippen molar-refractivity contribution in [3.63, 3.8) is 0 Å². The van der Waals surface area contributed by atoms with E-state index in [1.807, 2.05) is 18.4 Å². The number of rotatable bonds is 4. The zero-order valence-electron chi connectivity index (χ0n) is 12.4. The lowest BCUT2D eigenvalue weighted by Crippen LogP contribution is -2.27. The van der Waals surface area contributed by atoms with E-state index in [1.165, 1.54) is 23.4 Å². The van der Waals surface area contributed by atoms with Gasteiger partial charge in [0.05, 0.1) is 5.69 Å². The highest BCUT2D eigenvalue weighted by molar-refractivity contribution is 7.15. The van der Waals surface area contributed by atoms with Crippen molar-refractivity contribution < 1.29 is 9.47 Å². The molecule has 0 amide bonds. The highest BCUT2D eigenvalue weighted by Gasteiger charge is 2.35. The number of hydrogen-bond donors (Lipinski definition) is 1.